The highest BCUT2D eigenvalue weighted by atomic mass is 16.1. The van der Waals surface area contributed by atoms with Gasteiger partial charge in [0.2, 0.25) is 5.91 Å². The fraction of sp³-hybridized carbons (Fsp3) is 0.176. The molecule has 4 heteroatoms. The first-order chi connectivity index (χ1) is 10.1. The van der Waals surface area contributed by atoms with Crippen molar-refractivity contribution in [3.63, 3.8) is 0 Å². The van der Waals surface area contributed by atoms with Crippen LogP contribution in [0.4, 0.5) is 11.4 Å². The first-order valence-corrected chi connectivity index (χ1v) is 6.69. The van der Waals surface area contributed by atoms with E-state index in [1.807, 2.05) is 49.4 Å². The van der Waals surface area contributed by atoms with Gasteiger partial charge in [0.15, 0.2) is 0 Å². The second-order valence-corrected chi connectivity index (χ2v) is 4.87. The monoisotopic (exact) mass is 279 g/mol. The lowest BCUT2D eigenvalue weighted by molar-refractivity contribution is -0.114. The highest BCUT2D eigenvalue weighted by Gasteiger charge is 2.01. The van der Waals surface area contributed by atoms with Crippen LogP contribution in [-0.4, -0.2) is 5.91 Å². The maximum absolute atomic E-state index is 10.9. The largest absolute Gasteiger partial charge is 0.381 e. The van der Waals surface area contributed by atoms with Crippen LogP contribution in [0.1, 0.15) is 23.6 Å². The molecule has 0 bridgehead atoms. The molecule has 2 rings (SSSR count). The van der Waals surface area contributed by atoms with E-state index >= 15 is 0 Å². The van der Waals surface area contributed by atoms with Crippen LogP contribution in [0, 0.1) is 18.3 Å². The number of nitrogens with one attached hydrogen (secondary N) is 2. The Morgan fingerprint density at radius 2 is 1.81 bits per heavy atom. The number of anilines is 2. The summed E-state index contributed by atoms with van der Waals surface area (Å²) >= 11 is 0. The van der Waals surface area contributed by atoms with Gasteiger partial charge in [0.1, 0.15) is 0 Å². The Labute approximate surface area is 124 Å². The van der Waals surface area contributed by atoms with Gasteiger partial charge in [0.05, 0.1) is 11.6 Å². The van der Waals surface area contributed by atoms with Crippen LogP contribution < -0.4 is 10.6 Å². The van der Waals surface area contributed by atoms with Gasteiger partial charge in [-0.1, -0.05) is 6.07 Å². The van der Waals surface area contributed by atoms with Crippen molar-refractivity contribution >= 4 is 17.3 Å². The van der Waals surface area contributed by atoms with E-state index in [-0.39, 0.29) is 5.91 Å². The van der Waals surface area contributed by atoms with Crippen LogP contribution in [0.3, 0.4) is 0 Å². The van der Waals surface area contributed by atoms with Gasteiger partial charge in [-0.3, -0.25) is 4.79 Å². The number of hydrogen-bond acceptors (Lipinski definition) is 3. The van der Waals surface area contributed by atoms with E-state index < -0.39 is 0 Å². The van der Waals surface area contributed by atoms with E-state index in [1.54, 1.807) is 0 Å². The molecule has 0 aromatic heterocycles. The Morgan fingerprint density at radius 1 is 1.14 bits per heavy atom. The normalized spacial score (nSPS) is 9.76. The summed E-state index contributed by atoms with van der Waals surface area (Å²) < 4.78 is 0. The molecule has 0 heterocycles. The zero-order valence-electron chi connectivity index (χ0n) is 12.1. The molecule has 0 aliphatic rings. The van der Waals surface area contributed by atoms with E-state index in [0.29, 0.717) is 12.1 Å². The third kappa shape index (κ3) is 4.08. The molecule has 2 aromatic carbocycles. The fourth-order valence-electron chi connectivity index (χ4n) is 2.04. The summed E-state index contributed by atoms with van der Waals surface area (Å²) in [6.45, 7) is 4.18. The quantitative estimate of drug-likeness (QED) is 0.901. The van der Waals surface area contributed by atoms with E-state index in [9.17, 15) is 4.79 Å². The average Bonchev–Trinajstić information content (AvgIpc) is 2.47. The first kappa shape index (κ1) is 14.6. The third-order valence-electron chi connectivity index (χ3n) is 3.16. The molecule has 0 saturated carbocycles. The Kier molecular flexibility index (Phi) is 4.57. The summed E-state index contributed by atoms with van der Waals surface area (Å²) in [7, 11) is 0. The van der Waals surface area contributed by atoms with E-state index in [1.165, 1.54) is 6.92 Å². The van der Waals surface area contributed by atoms with Crippen molar-refractivity contribution < 1.29 is 4.79 Å². The second kappa shape index (κ2) is 6.58. The minimum absolute atomic E-state index is 0.0797. The number of amides is 1. The number of benzene rings is 2. The Morgan fingerprint density at radius 3 is 2.38 bits per heavy atom. The van der Waals surface area contributed by atoms with Gasteiger partial charge in [0.25, 0.3) is 0 Å². The van der Waals surface area contributed by atoms with Crippen molar-refractivity contribution in [1.29, 1.82) is 5.26 Å². The highest BCUT2D eigenvalue weighted by molar-refractivity contribution is 5.88. The lowest BCUT2D eigenvalue weighted by Gasteiger charge is -2.10. The number of carbonyl (C=O) groups is 1. The van der Waals surface area contributed by atoms with Gasteiger partial charge < -0.3 is 10.6 Å². The molecule has 106 valence electrons. The molecular weight excluding hydrogens is 262 g/mol. The summed E-state index contributed by atoms with van der Waals surface area (Å²) in [5.41, 5.74) is 4.68. The maximum Gasteiger partial charge on any atom is 0.221 e. The topological polar surface area (TPSA) is 64.9 Å². The number of nitrogens with zero attached hydrogens (tertiary/aromatic N) is 1. The average molecular weight is 279 g/mol. The molecule has 0 aliphatic heterocycles. The molecule has 4 nitrogen and oxygen atoms in total. The molecule has 0 atom stereocenters. The van der Waals surface area contributed by atoms with Crippen LogP contribution >= 0.6 is 0 Å². The molecule has 0 radical (unpaired) electrons. The number of carbonyl (C=O) groups excluding carboxylic acids is 1. The Balaban J connectivity index is 2.00. The standard InChI is InChI=1S/C17H17N3O/c1-12-9-14(10-18)3-4-15(12)11-19-16-5-7-17(8-6-16)20-13(2)21/h3-9,19H,11H2,1-2H3,(H,20,21). The van der Waals surface area contributed by atoms with Crippen LogP contribution in [0.2, 0.25) is 0 Å². The molecule has 0 aliphatic carbocycles. The number of rotatable bonds is 4. The number of nitriles is 1. The zero-order valence-corrected chi connectivity index (χ0v) is 12.1. The van der Waals surface area contributed by atoms with Crippen molar-refractivity contribution in [1.82, 2.24) is 0 Å². The van der Waals surface area contributed by atoms with Gasteiger partial charge in [0, 0.05) is 24.8 Å². The molecule has 0 saturated heterocycles. The van der Waals surface area contributed by atoms with Gasteiger partial charge in [-0.2, -0.15) is 5.26 Å². The number of hydrogen-bond donors (Lipinski definition) is 2. The summed E-state index contributed by atoms with van der Waals surface area (Å²) in [6, 6.07) is 15.4. The molecule has 2 aromatic rings. The molecule has 0 spiro atoms. The Hall–Kier alpha value is -2.80. The zero-order chi connectivity index (χ0) is 15.2. The molecule has 1 amide bonds. The van der Waals surface area contributed by atoms with Crippen molar-refractivity contribution in [2.75, 3.05) is 10.6 Å². The minimum atomic E-state index is -0.0797. The van der Waals surface area contributed by atoms with Gasteiger partial charge in [-0.15, -0.1) is 0 Å². The van der Waals surface area contributed by atoms with Crippen LogP contribution in [-0.2, 0) is 11.3 Å². The lowest BCUT2D eigenvalue weighted by atomic mass is 10.1. The van der Waals surface area contributed by atoms with E-state index in [2.05, 4.69) is 16.7 Å². The SMILES string of the molecule is CC(=O)Nc1ccc(NCc2ccc(C#N)cc2C)cc1. The molecule has 0 unspecified atom stereocenters. The predicted octanol–water partition coefficient (Wildman–Crippen LogP) is 3.44. The van der Waals surface area contributed by atoms with Gasteiger partial charge >= 0.3 is 0 Å². The highest BCUT2D eigenvalue weighted by Crippen LogP contribution is 2.16. The van der Waals surface area contributed by atoms with Crippen molar-refractivity contribution in [3.8, 4) is 6.07 Å². The van der Waals surface area contributed by atoms with Gasteiger partial charge in [-0.25, -0.2) is 0 Å². The molecule has 21 heavy (non-hydrogen) atoms. The fourth-order valence-corrected chi connectivity index (χ4v) is 2.04. The third-order valence-corrected chi connectivity index (χ3v) is 3.16. The molecule has 2 N–H and O–H groups in total. The number of aryl methyl sites for hydroxylation is 1. The van der Waals surface area contributed by atoms with Crippen molar-refractivity contribution in [3.05, 3.63) is 59.2 Å². The predicted molar refractivity (Wildman–Crippen MR) is 84.0 cm³/mol. The smallest absolute Gasteiger partial charge is 0.221 e. The summed E-state index contributed by atoms with van der Waals surface area (Å²) in [5.74, 6) is -0.0797. The summed E-state index contributed by atoms with van der Waals surface area (Å²) in [6.07, 6.45) is 0. The molecule has 0 fully saturated rings. The lowest BCUT2D eigenvalue weighted by Crippen LogP contribution is -2.06. The minimum Gasteiger partial charge on any atom is -0.381 e. The van der Waals surface area contributed by atoms with Crippen LogP contribution in [0.15, 0.2) is 42.5 Å². The summed E-state index contributed by atoms with van der Waals surface area (Å²) in [4.78, 5) is 10.9. The second-order valence-electron chi connectivity index (χ2n) is 4.87. The van der Waals surface area contributed by atoms with E-state index in [0.717, 1.165) is 22.5 Å². The first-order valence-electron chi connectivity index (χ1n) is 6.69. The summed E-state index contributed by atoms with van der Waals surface area (Å²) in [5, 5.41) is 14.9. The van der Waals surface area contributed by atoms with E-state index in [4.69, 9.17) is 5.26 Å². The van der Waals surface area contributed by atoms with Crippen LogP contribution in [0.25, 0.3) is 0 Å². The molecular formula is C17H17N3O. The van der Waals surface area contributed by atoms with Crippen molar-refractivity contribution in [2.24, 2.45) is 0 Å². The van der Waals surface area contributed by atoms with Gasteiger partial charge in [-0.05, 0) is 54.4 Å². The van der Waals surface area contributed by atoms with Crippen molar-refractivity contribution in [2.45, 2.75) is 20.4 Å². The van der Waals surface area contributed by atoms with Crippen LogP contribution in [0.5, 0.6) is 0 Å². The maximum atomic E-state index is 10.9. The Bertz CT molecular complexity index is 684.